The van der Waals surface area contributed by atoms with Crippen LogP contribution in [0.25, 0.3) is 11.3 Å². The molecule has 2 aromatic carbocycles. The largest absolute Gasteiger partial charge is 0.497 e. The topological polar surface area (TPSA) is 64.1 Å². The second kappa shape index (κ2) is 9.85. The van der Waals surface area contributed by atoms with Gasteiger partial charge in [-0.25, -0.2) is 4.39 Å². The van der Waals surface area contributed by atoms with Crippen molar-refractivity contribution in [3.05, 3.63) is 72.0 Å². The fraction of sp³-hybridized carbons (Fsp3) is 0.190. The van der Waals surface area contributed by atoms with Gasteiger partial charge < -0.3 is 10.1 Å². The lowest BCUT2D eigenvalue weighted by Gasteiger charge is -2.06. The molecule has 3 aromatic rings. The number of methoxy groups -OCH3 is 1. The highest BCUT2D eigenvalue weighted by molar-refractivity contribution is 7.99. The van der Waals surface area contributed by atoms with Crippen molar-refractivity contribution in [3.8, 4) is 17.0 Å². The Labute approximate surface area is 167 Å². The number of hydrogen-bond donors (Lipinski definition) is 1. The standard InChI is InChI=1S/C21H20FN3O2S/c1-27-18-8-2-15(3-9-18)12-13-23-20(26)14-28-21-11-10-19(24-25-21)16-4-6-17(22)7-5-16/h2-11H,12-14H2,1H3,(H,23,26). The van der Waals surface area contributed by atoms with E-state index in [2.05, 4.69) is 15.5 Å². The summed E-state index contributed by atoms with van der Waals surface area (Å²) in [5, 5.41) is 11.8. The highest BCUT2D eigenvalue weighted by Crippen LogP contribution is 2.20. The van der Waals surface area contributed by atoms with Crippen molar-refractivity contribution < 1.29 is 13.9 Å². The molecule has 0 spiro atoms. The van der Waals surface area contributed by atoms with Crippen LogP contribution in [0.2, 0.25) is 0 Å². The van der Waals surface area contributed by atoms with Gasteiger partial charge in [-0.2, -0.15) is 0 Å². The van der Waals surface area contributed by atoms with E-state index in [4.69, 9.17) is 4.74 Å². The first-order valence-corrected chi connectivity index (χ1v) is 9.75. The zero-order valence-corrected chi connectivity index (χ0v) is 16.2. The molecule has 0 aliphatic heterocycles. The van der Waals surface area contributed by atoms with E-state index in [0.29, 0.717) is 17.3 Å². The Morgan fingerprint density at radius 3 is 2.43 bits per heavy atom. The SMILES string of the molecule is COc1ccc(CCNC(=O)CSc2ccc(-c3ccc(F)cc3)nn2)cc1. The first kappa shape index (κ1) is 19.8. The third-order valence-electron chi connectivity index (χ3n) is 4.03. The molecule has 0 radical (unpaired) electrons. The number of hydrogen-bond acceptors (Lipinski definition) is 5. The summed E-state index contributed by atoms with van der Waals surface area (Å²) in [5.74, 6) is 0.744. The van der Waals surface area contributed by atoms with E-state index in [0.717, 1.165) is 23.3 Å². The highest BCUT2D eigenvalue weighted by atomic mass is 32.2. The van der Waals surface area contributed by atoms with Gasteiger partial charge in [0.2, 0.25) is 5.91 Å². The summed E-state index contributed by atoms with van der Waals surface area (Å²) in [7, 11) is 1.63. The number of benzene rings is 2. The van der Waals surface area contributed by atoms with Gasteiger partial charge in [-0.15, -0.1) is 10.2 Å². The summed E-state index contributed by atoms with van der Waals surface area (Å²) < 4.78 is 18.1. The van der Waals surface area contributed by atoms with E-state index in [1.807, 2.05) is 30.3 Å². The van der Waals surface area contributed by atoms with Crippen LogP contribution in [0.15, 0.2) is 65.7 Å². The van der Waals surface area contributed by atoms with Gasteiger partial charge in [0.05, 0.1) is 18.6 Å². The van der Waals surface area contributed by atoms with Gasteiger partial charge in [0, 0.05) is 12.1 Å². The van der Waals surface area contributed by atoms with E-state index < -0.39 is 0 Å². The first-order chi connectivity index (χ1) is 13.6. The molecule has 5 nitrogen and oxygen atoms in total. The van der Waals surface area contributed by atoms with Crippen LogP contribution in [-0.4, -0.2) is 35.5 Å². The third kappa shape index (κ3) is 5.79. The van der Waals surface area contributed by atoms with Crippen molar-refractivity contribution in [1.82, 2.24) is 15.5 Å². The minimum absolute atomic E-state index is 0.0528. The molecular weight excluding hydrogens is 377 g/mol. The number of halogens is 1. The van der Waals surface area contributed by atoms with Crippen molar-refractivity contribution in [2.45, 2.75) is 11.4 Å². The molecule has 144 valence electrons. The Morgan fingerprint density at radius 2 is 1.79 bits per heavy atom. The molecule has 7 heteroatoms. The fourth-order valence-electron chi connectivity index (χ4n) is 2.50. The van der Waals surface area contributed by atoms with Gasteiger partial charge in [0.1, 0.15) is 16.6 Å². The minimum Gasteiger partial charge on any atom is -0.497 e. The van der Waals surface area contributed by atoms with Gasteiger partial charge in [0.25, 0.3) is 0 Å². The monoisotopic (exact) mass is 397 g/mol. The molecule has 1 amide bonds. The number of nitrogens with one attached hydrogen (secondary N) is 1. The molecule has 1 N–H and O–H groups in total. The molecule has 3 rings (SSSR count). The summed E-state index contributed by atoms with van der Waals surface area (Å²) in [4.78, 5) is 12.0. The lowest BCUT2D eigenvalue weighted by Crippen LogP contribution is -2.27. The van der Waals surface area contributed by atoms with Gasteiger partial charge in [-0.05, 0) is 60.5 Å². The van der Waals surface area contributed by atoms with Crippen LogP contribution in [0.4, 0.5) is 4.39 Å². The van der Waals surface area contributed by atoms with Crippen LogP contribution in [-0.2, 0) is 11.2 Å². The van der Waals surface area contributed by atoms with Crippen molar-refractivity contribution in [2.24, 2.45) is 0 Å². The predicted octanol–water partition coefficient (Wildman–Crippen LogP) is 3.74. The maximum Gasteiger partial charge on any atom is 0.230 e. The average molecular weight is 397 g/mol. The number of thioether (sulfide) groups is 1. The van der Waals surface area contributed by atoms with Crippen LogP contribution >= 0.6 is 11.8 Å². The molecule has 28 heavy (non-hydrogen) atoms. The third-order valence-corrected chi connectivity index (χ3v) is 4.95. The molecule has 0 aliphatic carbocycles. The van der Waals surface area contributed by atoms with Gasteiger partial charge in [-0.1, -0.05) is 23.9 Å². The predicted molar refractivity (Wildman–Crippen MR) is 108 cm³/mol. The Kier molecular flexibility index (Phi) is 6.97. The number of rotatable bonds is 8. The van der Waals surface area contributed by atoms with Crippen molar-refractivity contribution in [1.29, 1.82) is 0 Å². The molecule has 0 saturated carbocycles. The molecule has 0 aliphatic rings. The van der Waals surface area contributed by atoms with Gasteiger partial charge >= 0.3 is 0 Å². The Morgan fingerprint density at radius 1 is 1.04 bits per heavy atom. The Bertz CT molecular complexity index is 900. The average Bonchev–Trinajstić information content (AvgIpc) is 2.74. The van der Waals surface area contributed by atoms with Crippen molar-refractivity contribution in [3.63, 3.8) is 0 Å². The molecule has 1 aromatic heterocycles. The zero-order valence-electron chi connectivity index (χ0n) is 15.4. The van der Waals surface area contributed by atoms with Crippen LogP contribution in [0.1, 0.15) is 5.56 Å². The van der Waals surface area contributed by atoms with Crippen molar-refractivity contribution >= 4 is 17.7 Å². The Hall–Kier alpha value is -2.93. The summed E-state index contributed by atoms with van der Waals surface area (Å²) in [6, 6.07) is 17.5. The lowest BCUT2D eigenvalue weighted by molar-refractivity contribution is -0.118. The molecule has 0 saturated heterocycles. The highest BCUT2D eigenvalue weighted by Gasteiger charge is 2.06. The zero-order chi connectivity index (χ0) is 19.8. The minimum atomic E-state index is -0.290. The van der Waals surface area contributed by atoms with Crippen molar-refractivity contribution in [2.75, 3.05) is 19.4 Å². The van der Waals surface area contributed by atoms with Crippen LogP contribution in [0, 0.1) is 5.82 Å². The van der Waals surface area contributed by atoms with Gasteiger partial charge in [0.15, 0.2) is 0 Å². The molecule has 0 fully saturated rings. The van der Waals surface area contributed by atoms with Gasteiger partial charge in [-0.3, -0.25) is 4.79 Å². The first-order valence-electron chi connectivity index (χ1n) is 8.76. The molecule has 1 heterocycles. The maximum absolute atomic E-state index is 13.0. The lowest BCUT2D eigenvalue weighted by atomic mass is 10.1. The molecule has 0 atom stereocenters. The van der Waals surface area contributed by atoms with E-state index in [1.54, 1.807) is 25.3 Å². The number of aromatic nitrogens is 2. The number of ether oxygens (including phenoxy) is 1. The van der Waals surface area contributed by atoms with E-state index >= 15 is 0 Å². The second-order valence-corrected chi connectivity index (χ2v) is 7.00. The smallest absolute Gasteiger partial charge is 0.230 e. The van der Waals surface area contributed by atoms with E-state index in [1.165, 1.54) is 23.9 Å². The fourth-order valence-corrected chi connectivity index (χ4v) is 3.14. The maximum atomic E-state index is 13.0. The van der Waals surface area contributed by atoms with Crippen LogP contribution in [0.5, 0.6) is 5.75 Å². The Balaban J connectivity index is 1.42. The summed E-state index contributed by atoms with van der Waals surface area (Å²) in [5.41, 5.74) is 2.59. The number of carbonyl (C=O) groups is 1. The quantitative estimate of drug-likeness (QED) is 0.587. The van der Waals surface area contributed by atoms with E-state index in [-0.39, 0.29) is 17.5 Å². The number of amides is 1. The summed E-state index contributed by atoms with van der Waals surface area (Å²) in [6.45, 7) is 0.570. The van der Waals surface area contributed by atoms with Crippen LogP contribution in [0.3, 0.4) is 0 Å². The summed E-state index contributed by atoms with van der Waals surface area (Å²) in [6.07, 6.45) is 0.757. The molecule has 0 unspecified atom stereocenters. The van der Waals surface area contributed by atoms with E-state index in [9.17, 15) is 9.18 Å². The molecule has 0 bridgehead atoms. The number of carbonyl (C=O) groups excluding carboxylic acids is 1. The summed E-state index contributed by atoms with van der Waals surface area (Å²) >= 11 is 1.32. The second-order valence-electron chi connectivity index (χ2n) is 6.00. The number of nitrogens with zero attached hydrogens (tertiary/aromatic N) is 2. The normalized spacial score (nSPS) is 10.5. The molecular formula is C21H20FN3O2S. The van der Waals surface area contributed by atoms with Crippen LogP contribution < -0.4 is 10.1 Å².